The molecule has 1 radical (unpaired) electrons. The van der Waals surface area contributed by atoms with Crippen LogP contribution in [0.2, 0.25) is 0 Å². The molecule has 4 aromatic carbocycles. The van der Waals surface area contributed by atoms with Gasteiger partial charge in [-0.05, 0) is 49.6 Å². The van der Waals surface area contributed by atoms with Crippen LogP contribution in [0.15, 0.2) is 138 Å². The van der Waals surface area contributed by atoms with Gasteiger partial charge in [0.1, 0.15) is 31.6 Å². The number of para-hydroxylation sites is 2. The summed E-state index contributed by atoms with van der Waals surface area (Å²) in [6, 6.07) is 17.6. The Hall–Kier alpha value is -7.23. The summed E-state index contributed by atoms with van der Waals surface area (Å²) >= 11 is 0. The molecule has 0 heterocycles. The van der Waals surface area contributed by atoms with Gasteiger partial charge in [0, 0.05) is 48.9 Å². The van der Waals surface area contributed by atoms with Crippen molar-refractivity contribution in [3.05, 3.63) is 128 Å². The zero-order valence-corrected chi connectivity index (χ0v) is 41.7. The van der Waals surface area contributed by atoms with Gasteiger partial charge in [-0.15, -0.1) is 21.7 Å². The molecule has 2 amide bonds. The first-order valence-corrected chi connectivity index (χ1v) is 23.7. The van der Waals surface area contributed by atoms with Crippen molar-refractivity contribution in [1.82, 2.24) is 0 Å². The zero-order valence-electron chi connectivity index (χ0n) is 41.7. The number of azo groups is 2. The molecule has 387 valence electrons. The second-order valence-electron chi connectivity index (χ2n) is 14.5. The molecular formula is C43H50CrN9O17S2. The van der Waals surface area contributed by atoms with Gasteiger partial charge >= 0.3 is 21.6 Å². The van der Waals surface area contributed by atoms with E-state index in [1.165, 1.54) is 49.9 Å². The summed E-state index contributed by atoms with van der Waals surface area (Å²) < 4.78 is 72.5. The number of nitro groups is 2. The van der Waals surface area contributed by atoms with Crippen molar-refractivity contribution in [1.29, 1.82) is 0 Å². The smallest absolute Gasteiger partial charge is 0.874 e. The number of nitrogens with one attached hydrogen (secondary N) is 2. The van der Waals surface area contributed by atoms with Gasteiger partial charge in [-0.3, -0.25) is 29.8 Å². The van der Waals surface area contributed by atoms with Crippen molar-refractivity contribution in [3.63, 3.8) is 0 Å². The summed E-state index contributed by atoms with van der Waals surface area (Å²) in [5, 5.41) is 87.4. The number of nitrogens with zero attached hydrogens (tertiary/aromatic N) is 6. The molecule has 72 heavy (non-hydrogen) atoms. The number of rotatable bonds is 21. The van der Waals surface area contributed by atoms with Gasteiger partial charge in [-0.2, -0.15) is 10.2 Å². The van der Waals surface area contributed by atoms with Gasteiger partial charge in [0.05, 0.1) is 31.0 Å². The third-order valence-electron chi connectivity index (χ3n) is 9.07. The molecule has 1 unspecified atom stereocenters. The first-order valence-electron chi connectivity index (χ1n) is 20.9. The molecule has 29 heteroatoms. The first kappa shape index (κ1) is 62.8. The van der Waals surface area contributed by atoms with Crippen molar-refractivity contribution < 1.29 is 92.2 Å². The minimum absolute atomic E-state index is 0. The monoisotopic (exact) mass is 1080 g/mol. The maximum atomic E-state index is 12.2. The van der Waals surface area contributed by atoms with Crippen LogP contribution in [0.4, 0.5) is 34.1 Å². The number of amides is 2. The van der Waals surface area contributed by atoms with Gasteiger partial charge in [0.2, 0.25) is 0 Å². The largest absolute Gasteiger partial charge is 3.00 e. The Bertz CT molecular complexity index is 2680. The minimum atomic E-state index is -5.35. The van der Waals surface area contributed by atoms with Crippen LogP contribution >= 0.6 is 0 Å². The number of unbranched alkanes of at least 4 members (excludes halogenated alkanes) is 1. The molecule has 1 atom stereocenters. The van der Waals surface area contributed by atoms with E-state index in [0.29, 0.717) is 35.6 Å². The molecule has 0 aliphatic carbocycles. The second kappa shape index (κ2) is 30.5. The first-order chi connectivity index (χ1) is 33.3. The number of allylic oxidation sites excluding steroid dienone is 2. The average molecular weight is 1080 g/mol. The molecule has 0 aliphatic rings. The fourth-order valence-electron chi connectivity index (χ4n) is 5.39. The number of hydrogen-bond donors (Lipinski definition) is 3. The fourth-order valence-corrected chi connectivity index (χ4v) is 6.59. The molecule has 0 aromatic heterocycles. The minimum Gasteiger partial charge on any atom is -0.874 e. The molecule has 0 saturated carbocycles. The third kappa shape index (κ3) is 21.0. The van der Waals surface area contributed by atoms with E-state index in [0.717, 1.165) is 45.9 Å². The van der Waals surface area contributed by atoms with Crippen LogP contribution < -0.4 is 36.8 Å². The summed E-state index contributed by atoms with van der Waals surface area (Å²) in [6.07, 6.45) is 6.17. The van der Waals surface area contributed by atoms with Crippen molar-refractivity contribution in [2.45, 2.75) is 69.6 Å². The Morgan fingerprint density at radius 3 is 1.40 bits per heavy atom. The van der Waals surface area contributed by atoms with Crippen LogP contribution in [0.1, 0.15) is 64.1 Å². The van der Waals surface area contributed by atoms with Crippen LogP contribution in [0.3, 0.4) is 0 Å². The van der Waals surface area contributed by atoms with E-state index in [4.69, 9.17) is 10.5 Å². The molecule has 0 bridgehead atoms. The summed E-state index contributed by atoms with van der Waals surface area (Å²) in [5.41, 5.74) is 0.884. The zero-order chi connectivity index (χ0) is 53.5. The molecule has 4 rings (SSSR count). The van der Waals surface area contributed by atoms with Gasteiger partial charge < -0.3 is 50.6 Å². The van der Waals surface area contributed by atoms with Crippen molar-refractivity contribution in [2.24, 2.45) is 32.1 Å². The van der Waals surface area contributed by atoms with Crippen molar-refractivity contribution >= 4 is 66.2 Å². The predicted molar refractivity (Wildman–Crippen MR) is 247 cm³/mol. The molecule has 4 N–H and O–H groups in total. The van der Waals surface area contributed by atoms with E-state index >= 15 is 0 Å². The van der Waals surface area contributed by atoms with Gasteiger partial charge in [-0.25, -0.2) is 16.8 Å². The maximum Gasteiger partial charge on any atom is 3.00 e. The third-order valence-corrected chi connectivity index (χ3v) is 10.7. The number of benzene rings is 4. The van der Waals surface area contributed by atoms with Crippen LogP contribution in [0.25, 0.3) is 0 Å². The van der Waals surface area contributed by atoms with E-state index in [-0.39, 0.29) is 21.6 Å². The molecule has 0 spiro atoms. The average Bonchev–Trinajstić information content (AvgIpc) is 3.29. The van der Waals surface area contributed by atoms with Crippen LogP contribution in [-0.4, -0.2) is 67.4 Å². The number of hydrogen-bond acceptors (Lipinski definition) is 22. The molecule has 0 fully saturated rings. The van der Waals surface area contributed by atoms with Crippen molar-refractivity contribution in [2.75, 3.05) is 30.4 Å². The van der Waals surface area contributed by atoms with Crippen molar-refractivity contribution in [3.8, 4) is 11.5 Å². The van der Waals surface area contributed by atoms with Crippen LogP contribution in [0.5, 0.6) is 11.5 Å². The Kier molecular flexibility index (Phi) is 26.6. The standard InChI is InChI=1S/2C16H14N4O8S.C11H25NO.Cr/c2*1-9(21)14(16(23)17-10-5-3-2-4-6-10)19-18-12-7-11(20(24)25)8-13(15(12)22)29(26,27)28;1-3-5-7-11(4-2)10-13-9-6-8-12;/h2*2-8,21-22H,1H3,(H,17,23)(H,26,27,28);11H,3-10,12H2,1-2H3;/q;;;+3/p-3/b14-9+,19-18?;14-9-,19-18?;;. The van der Waals surface area contributed by atoms with Gasteiger partial charge in [0.25, 0.3) is 23.2 Å². The van der Waals surface area contributed by atoms with Crippen LogP contribution in [-0.2, 0) is 51.9 Å². The number of nitro benzene ring substituents is 2. The number of non-ortho nitro benzene ring substituents is 2. The number of ether oxygens (including phenoxy) is 1. The number of nitrogens with two attached hydrogens (primary N) is 1. The summed E-state index contributed by atoms with van der Waals surface area (Å²) in [5.74, 6) is -5.82. The molecule has 0 aliphatic heterocycles. The van der Waals surface area contributed by atoms with Gasteiger partial charge in [0.15, 0.2) is 0 Å². The maximum absolute atomic E-state index is 12.2. The summed E-state index contributed by atoms with van der Waals surface area (Å²) in [4.78, 5) is 41.3. The number of carbonyl (C=O) groups is 2. The second-order valence-corrected chi connectivity index (χ2v) is 17.2. The molecule has 4 aromatic rings. The fraction of sp³-hybridized carbons (Fsp3) is 0.302. The Morgan fingerprint density at radius 2 is 1.10 bits per heavy atom. The quantitative estimate of drug-likeness (QED) is 0.0194. The SMILES string of the molecule is C/C([O-])=C(/N=Nc1cc([N+](=O)[O-])cc(S(=O)(=O)[O-])c1[O-])C(=O)Nc1ccccc1.C/C([O-])=C(\N=Nc1cc([N+](=O)[O-])cc(S(=O)(=O)[O-])c1[O-])C(=O)Nc1ccccc1.CCCCC(CC)COCCCN.[Cr+3].[H+].[H+].[H+]. The Labute approximate surface area is 428 Å². The van der Waals surface area contributed by atoms with E-state index in [1.54, 1.807) is 36.4 Å². The molecule has 26 nitrogen and oxygen atoms in total. The molecular weight excluding hydrogens is 1030 g/mol. The van der Waals surface area contributed by atoms with E-state index < -0.39 is 109 Å². The van der Waals surface area contributed by atoms with Crippen LogP contribution in [0, 0.1) is 26.1 Å². The topological polar surface area (TPSA) is 436 Å². The predicted octanol–water partition coefficient (Wildman–Crippen LogP) is 4.68. The number of anilines is 2. The Morgan fingerprint density at radius 1 is 0.708 bits per heavy atom. The normalized spacial score (nSPS) is 12.4. The number of carbonyl (C=O) groups excluding carboxylic acids is 2. The summed E-state index contributed by atoms with van der Waals surface area (Å²) in [6.45, 7) is 8.95. The van der Waals surface area contributed by atoms with E-state index in [1.807, 2.05) is 0 Å². The van der Waals surface area contributed by atoms with Gasteiger partial charge in [-0.1, -0.05) is 94.9 Å². The van der Waals surface area contributed by atoms with E-state index in [2.05, 4.69) is 44.9 Å². The Balaban J connectivity index is -0.00000108. The molecule has 0 saturated heterocycles. The summed E-state index contributed by atoms with van der Waals surface area (Å²) in [7, 11) is -10.7. The van der Waals surface area contributed by atoms with E-state index in [9.17, 15) is 76.2 Å².